The quantitative estimate of drug-likeness (QED) is 0.803. The minimum Gasteiger partial charge on any atom is -0.335 e. The SMILES string of the molecule is Cc1ccc(C(C)N(C)C(=O)c2ccnc(Cl)c2)cc1. The maximum Gasteiger partial charge on any atom is 0.254 e. The van der Waals surface area contributed by atoms with Crippen molar-refractivity contribution in [1.29, 1.82) is 0 Å². The molecule has 1 unspecified atom stereocenters. The fourth-order valence-electron chi connectivity index (χ4n) is 1.98. The van der Waals surface area contributed by atoms with Gasteiger partial charge in [0.05, 0.1) is 6.04 Å². The zero-order valence-electron chi connectivity index (χ0n) is 11.8. The minimum absolute atomic E-state index is 0.00459. The number of nitrogens with zero attached hydrogens (tertiary/aromatic N) is 2. The third-order valence-corrected chi connectivity index (χ3v) is 3.64. The van der Waals surface area contributed by atoms with Crippen LogP contribution in [0.15, 0.2) is 42.6 Å². The summed E-state index contributed by atoms with van der Waals surface area (Å²) in [5, 5.41) is 0.326. The summed E-state index contributed by atoms with van der Waals surface area (Å²) in [7, 11) is 1.79. The van der Waals surface area contributed by atoms with E-state index in [1.165, 1.54) is 5.56 Å². The highest BCUT2D eigenvalue weighted by Gasteiger charge is 2.19. The summed E-state index contributed by atoms with van der Waals surface area (Å²) in [5.74, 6) is -0.0672. The van der Waals surface area contributed by atoms with Gasteiger partial charge in [0.25, 0.3) is 5.91 Å². The van der Waals surface area contributed by atoms with Crippen molar-refractivity contribution in [1.82, 2.24) is 9.88 Å². The van der Waals surface area contributed by atoms with E-state index < -0.39 is 0 Å². The number of benzene rings is 1. The molecule has 2 rings (SSSR count). The predicted molar refractivity (Wildman–Crippen MR) is 80.9 cm³/mol. The number of hydrogen-bond acceptors (Lipinski definition) is 2. The number of amides is 1. The lowest BCUT2D eigenvalue weighted by atomic mass is 10.0. The molecule has 0 N–H and O–H groups in total. The summed E-state index contributed by atoms with van der Waals surface area (Å²) >= 11 is 5.83. The van der Waals surface area contributed by atoms with E-state index in [0.717, 1.165) is 5.56 Å². The van der Waals surface area contributed by atoms with Gasteiger partial charge in [-0.1, -0.05) is 41.4 Å². The van der Waals surface area contributed by atoms with Gasteiger partial charge in [0, 0.05) is 18.8 Å². The Morgan fingerprint density at radius 2 is 1.90 bits per heavy atom. The summed E-state index contributed by atoms with van der Waals surface area (Å²) in [5.41, 5.74) is 2.86. The Hall–Kier alpha value is -1.87. The van der Waals surface area contributed by atoms with Crippen molar-refractivity contribution in [3.63, 3.8) is 0 Å². The number of hydrogen-bond donors (Lipinski definition) is 0. The maximum absolute atomic E-state index is 12.4. The smallest absolute Gasteiger partial charge is 0.254 e. The van der Waals surface area contributed by atoms with Crippen molar-refractivity contribution in [2.45, 2.75) is 19.9 Å². The van der Waals surface area contributed by atoms with Crippen LogP contribution in [-0.2, 0) is 0 Å². The van der Waals surface area contributed by atoms with E-state index in [-0.39, 0.29) is 11.9 Å². The van der Waals surface area contributed by atoms with Crippen LogP contribution in [0.25, 0.3) is 0 Å². The second kappa shape index (κ2) is 6.06. The molecule has 0 aliphatic rings. The average molecular weight is 289 g/mol. The molecule has 3 nitrogen and oxygen atoms in total. The first-order valence-electron chi connectivity index (χ1n) is 6.44. The summed E-state index contributed by atoms with van der Waals surface area (Å²) < 4.78 is 0. The van der Waals surface area contributed by atoms with Crippen LogP contribution in [0.1, 0.15) is 34.5 Å². The number of rotatable bonds is 3. The largest absolute Gasteiger partial charge is 0.335 e. The van der Waals surface area contributed by atoms with E-state index in [9.17, 15) is 4.79 Å². The number of carbonyl (C=O) groups is 1. The Morgan fingerprint density at radius 1 is 1.25 bits per heavy atom. The fourth-order valence-corrected chi connectivity index (χ4v) is 2.16. The van der Waals surface area contributed by atoms with Crippen LogP contribution in [0, 0.1) is 6.92 Å². The molecule has 104 valence electrons. The average Bonchev–Trinajstić information content (AvgIpc) is 2.46. The van der Waals surface area contributed by atoms with Crippen molar-refractivity contribution < 1.29 is 4.79 Å². The third kappa shape index (κ3) is 3.17. The Bertz CT molecular complexity index is 610. The van der Waals surface area contributed by atoms with Gasteiger partial charge in [-0.2, -0.15) is 0 Å². The number of aryl methyl sites for hydroxylation is 1. The first-order chi connectivity index (χ1) is 9.49. The van der Waals surface area contributed by atoms with Crippen molar-refractivity contribution in [3.8, 4) is 0 Å². The monoisotopic (exact) mass is 288 g/mol. The highest BCUT2D eigenvalue weighted by Crippen LogP contribution is 2.21. The van der Waals surface area contributed by atoms with Gasteiger partial charge in [-0.15, -0.1) is 0 Å². The molecule has 4 heteroatoms. The van der Waals surface area contributed by atoms with Crippen LogP contribution in [-0.4, -0.2) is 22.8 Å². The van der Waals surface area contributed by atoms with Crippen LogP contribution >= 0.6 is 11.6 Å². The zero-order chi connectivity index (χ0) is 14.7. The topological polar surface area (TPSA) is 33.2 Å². The molecule has 1 aromatic heterocycles. The number of pyridine rings is 1. The van der Waals surface area contributed by atoms with Gasteiger partial charge in [0.1, 0.15) is 5.15 Å². The Kier molecular flexibility index (Phi) is 4.40. The van der Waals surface area contributed by atoms with Gasteiger partial charge in [-0.3, -0.25) is 4.79 Å². The van der Waals surface area contributed by atoms with Crippen molar-refractivity contribution in [2.24, 2.45) is 0 Å². The Labute approximate surface area is 124 Å². The van der Waals surface area contributed by atoms with Gasteiger partial charge in [0.15, 0.2) is 0 Å². The molecule has 2 aromatic rings. The van der Waals surface area contributed by atoms with E-state index >= 15 is 0 Å². The molecular formula is C16H17ClN2O. The molecule has 0 spiro atoms. The van der Waals surface area contributed by atoms with Gasteiger partial charge in [0.2, 0.25) is 0 Å². The molecular weight excluding hydrogens is 272 g/mol. The summed E-state index contributed by atoms with van der Waals surface area (Å²) in [4.78, 5) is 18.0. The van der Waals surface area contributed by atoms with Crippen LogP contribution in [0.4, 0.5) is 0 Å². The number of halogens is 1. The second-order valence-corrected chi connectivity index (χ2v) is 5.26. The Balaban J connectivity index is 2.20. The van der Waals surface area contributed by atoms with Crippen LogP contribution < -0.4 is 0 Å². The second-order valence-electron chi connectivity index (χ2n) is 4.87. The molecule has 0 bridgehead atoms. The number of carbonyl (C=O) groups excluding carboxylic acids is 1. The molecule has 1 amide bonds. The zero-order valence-corrected chi connectivity index (χ0v) is 12.6. The summed E-state index contributed by atoms with van der Waals surface area (Å²) in [6, 6.07) is 11.4. The van der Waals surface area contributed by atoms with Crippen molar-refractivity contribution in [2.75, 3.05) is 7.05 Å². The highest BCUT2D eigenvalue weighted by atomic mass is 35.5. The molecule has 1 heterocycles. The first kappa shape index (κ1) is 14.5. The molecule has 0 aliphatic heterocycles. The third-order valence-electron chi connectivity index (χ3n) is 3.43. The van der Waals surface area contributed by atoms with E-state index in [1.54, 1.807) is 30.3 Å². The molecule has 1 aromatic carbocycles. The lowest BCUT2D eigenvalue weighted by Crippen LogP contribution is -2.29. The summed E-state index contributed by atoms with van der Waals surface area (Å²) in [6.07, 6.45) is 1.54. The van der Waals surface area contributed by atoms with Gasteiger partial charge >= 0.3 is 0 Å². The van der Waals surface area contributed by atoms with Crippen LogP contribution in [0.3, 0.4) is 0 Å². The lowest BCUT2D eigenvalue weighted by Gasteiger charge is -2.25. The van der Waals surface area contributed by atoms with Crippen LogP contribution in [0.2, 0.25) is 5.15 Å². The van der Waals surface area contributed by atoms with Gasteiger partial charge in [-0.25, -0.2) is 4.98 Å². The van der Waals surface area contributed by atoms with Crippen molar-refractivity contribution >= 4 is 17.5 Å². The molecule has 20 heavy (non-hydrogen) atoms. The fraction of sp³-hybridized carbons (Fsp3) is 0.250. The lowest BCUT2D eigenvalue weighted by molar-refractivity contribution is 0.0742. The molecule has 0 saturated carbocycles. The maximum atomic E-state index is 12.4. The Morgan fingerprint density at radius 3 is 2.50 bits per heavy atom. The predicted octanol–water partition coefficient (Wildman–Crippen LogP) is 3.88. The van der Waals surface area contributed by atoms with E-state index in [4.69, 9.17) is 11.6 Å². The van der Waals surface area contributed by atoms with Crippen LogP contribution in [0.5, 0.6) is 0 Å². The normalized spacial score (nSPS) is 12.0. The van der Waals surface area contributed by atoms with E-state index in [1.807, 2.05) is 38.1 Å². The minimum atomic E-state index is -0.0672. The standard InChI is InChI=1S/C16H17ClN2O/c1-11-4-6-13(7-5-11)12(2)19(3)16(20)14-8-9-18-15(17)10-14/h4-10,12H,1-3H3. The van der Waals surface area contributed by atoms with Crippen molar-refractivity contribution in [3.05, 3.63) is 64.4 Å². The summed E-state index contributed by atoms with van der Waals surface area (Å²) in [6.45, 7) is 4.05. The number of aromatic nitrogens is 1. The molecule has 0 aliphatic carbocycles. The molecule has 0 fully saturated rings. The first-order valence-corrected chi connectivity index (χ1v) is 6.82. The highest BCUT2D eigenvalue weighted by molar-refractivity contribution is 6.29. The molecule has 1 atom stereocenters. The van der Waals surface area contributed by atoms with Gasteiger partial charge in [-0.05, 0) is 31.5 Å². The van der Waals surface area contributed by atoms with E-state index in [0.29, 0.717) is 10.7 Å². The van der Waals surface area contributed by atoms with E-state index in [2.05, 4.69) is 4.98 Å². The molecule has 0 saturated heterocycles. The van der Waals surface area contributed by atoms with Gasteiger partial charge < -0.3 is 4.90 Å². The molecule has 0 radical (unpaired) electrons.